The zero-order valence-corrected chi connectivity index (χ0v) is 12.3. The summed E-state index contributed by atoms with van der Waals surface area (Å²) >= 11 is 3.41. The summed E-state index contributed by atoms with van der Waals surface area (Å²) in [6.45, 7) is 0.343. The van der Waals surface area contributed by atoms with Crippen molar-refractivity contribution in [2.45, 2.75) is 6.10 Å². The van der Waals surface area contributed by atoms with Crippen LogP contribution in [0, 0.1) is 5.82 Å². The lowest BCUT2D eigenvalue weighted by Crippen LogP contribution is -2.26. The number of hydrogen-bond acceptors (Lipinski definition) is 3. The summed E-state index contributed by atoms with van der Waals surface area (Å²) in [5.74, 6) is -0.286. The molecule has 3 nitrogen and oxygen atoms in total. The number of benzene rings is 2. The second kappa shape index (κ2) is 7.26. The minimum absolute atomic E-state index is 0.0262. The van der Waals surface area contributed by atoms with Crippen LogP contribution in [0.25, 0.3) is 0 Å². The fourth-order valence-electron chi connectivity index (χ4n) is 1.64. The SMILES string of the molecule is OC(CNc1ccccc1Br)COc1ccccc1F. The Hall–Kier alpha value is -1.59. The number of hydrogen-bond donors (Lipinski definition) is 2. The summed E-state index contributed by atoms with van der Waals surface area (Å²) in [5.41, 5.74) is 0.887. The van der Waals surface area contributed by atoms with Crippen molar-refractivity contribution in [2.24, 2.45) is 0 Å². The highest BCUT2D eigenvalue weighted by molar-refractivity contribution is 9.10. The molecule has 1 atom stereocenters. The van der Waals surface area contributed by atoms with E-state index >= 15 is 0 Å². The van der Waals surface area contributed by atoms with Gasteiger partial charge in [-0.25, -0.2) is 4.39 Å². The number of nitrogens with one attached hydrogen (secondary N) is 1. The van der Waals surface area contributed by atoms with Gasteiger partial charge in [-0.3, -0.25) is 0 Å². The monoisotopic (exact) mass is 339 g/mol. The van der Waals surface area contributed by atoms with E-state index in [1.165, 1.54) is 12.1 Å². The number of halogens is 2. The van der Waals surface area contributed by atoms with Gasteiger partial charge in [0.15, 0.2) is 11.6 Å². The summed E-state index contributed by atoms with van der Waals surface area (Å²) in [7, 11) is 0. The molecule has 0 aliphatic rings. The van der Waals surface area contributed by atoms with Gasteiger partial charge in [-0.15, -0.1) is 0 Å². The van der Waals surface area contributed by atoms with Crippen LogP contribution in [0.5, 0.6) is 5.75 Å². The molecular weight excluding hydrogens is 325 g/mol. The van der Waals surface area contributed by atoms with Crippen molar-refractivity contribution >= 4 is 21.6 Å². The van der Waals surface area contributed by atoms with Crippen LogP contribution in [0.4, 0.5) is 10.1 Å². The number of ether oxygens (including phenoxy) is 1. The smallest absolute Gasteiger partial charge is 0.165 e. The van der Waals surface area contributed by atoms with Gasteiger partial charge in [0.2, 0.25) is 0 Å². The van der Waals surface area contributed by atoms with Gasteiger partial charge in [0.25, 0.3) is 0 Å². The Balaban J connectivity index is 1.80. The topological polar surface area (TPSA) is 41.5 Å². The van der Waals surface area contributed by atoms with Gasteiger partial charge in [-0.1, -0.05) is 24.3 Å². The molecule has 0 saturated carbocycles. The predicted molar refractivity (Wildman–Crippen MR) is 80.5 cm³/mol. The molecule has 0 saturated heterocycles. The summed E-state index contributed by atoms with van der Waals surface area (Å²) in [5, 5.41) is 12.9. The van der Waals surface area contributed by atoms with Gasteiger partial charge in [0, 0.05) is 16.7 Å². The van der Waals surface area contributed by atoms with E-state index < -0.39 is 11.9 Å². The number of para-hydroxylation sites is 2. The molecule has 0 radical (unpaired) electrons. The van der Waals surface area contributed by atoms with Gasteiger partial charge in [-0.05, 0) is 40.2 Å². The van der Waals surface area contributed by atoms with Crippen LogP contribution in [0.3, 0.4) is 0 Å². The van der Waals surface area contributed by atoms with Crippen LogP contribution in [0.1, 0.15) is 0 Å². The second-order valence-corrected chi connectivity index (χ2v) is 5.11. The standard InChI is InChI=1S/C15H15BrFNO2/c16-12-5-1-3-7-14(12)18-9-11(19)10-20-15-8-4-2-6-13(15)17/h1-8,11,18-19H,9-10H2. The maximum absolute atomic E-state index is 13.3. The average Bonchev–Trinajstić information content (AvgIpc) is 2.45. The van der Waals surface area contributed by atoms with E-state index in [2.05, 4.69) is 21.2 Å². The average molecular weight is 340 g/mol. The Morgan fingerprint density at radius 1 is 1.15 bits per heavy atom. The zero-order valence-electron chi connectivity index (χ0n) is 10.7. The summed E-state index contributed by atoms with van der Waals surface area (Å²) in [4.78, 5) is 0. The summed E-state index contributed by atoms with van der Waals surface area (Å²) in [6, 6.07) is 13.7. The highest BCUT2D eigenvalue weighted by atomic mass is 79.9. The maximum atomic E-state index is 13.3. The third-order valence-electron chi connectivity index (χ3n) is 2.67. The minimum atomic E-state index is -0.735. The first-order valence-corrected chi connectivity index (χ1v) is 7.00. The molecule has 2 rings (SSSR count). The minimum Gasteiger partial charge on any atom is -0.488 e. The molecule has 0 bridgehead atoms. The van der Waals surface area contributed by atoms with Gasteiger partial charge < -0.3 is 15.2 Å². The predicted octanol–water partition coefficient (Wildman–Crippen LogP) is 3.44. The number of aliphatic hydroxyl groups is 1. The van der Waals surface area contributed by atoms with Crippen molar-refractivity contribution in [3.8, 4) is 5.75 Å². The van der Waals surface area contributed by atoms with E-state index in [0.29, 0.717) is 6.54 Å². The van der Waals surface area contributed by atoms with Crippen LogP contribution in [0.2, 0.25) is 0 Å². The molecule has 5 heteroatoms. The maximum Gasteiger partial charge on any atom is 0.165 e. The highest BCUT2D eigenvalue weighted by Gasteiger charge is 2.08. The number of anilines is 1. The van der Waals surface area contributed by atoms with Crippen molar-refractivity contribution in [3.63, 3.8) is 0 Å². The Morgan fingerprint density at radius 3 is 2.60 bits per heavy atom. The molecule has 0 aromatic heterocycles. The third-order valence-corrected chi connectivity index (χ3v) is 3.36. The van der Waals surface area contributed by atoms with E-state index in [1.807, 2.05) is 24.3 Å². The van der Waals surface area contributed by atoms with E-state index in [-0.39, 0.29) is 12.4 Å². The van der Waals surface area contributed by atoms with Crippen molar-refractivity contribution in [1.29, 1.82) is 0 Å². The molecule has 2 aromatic rings. The van der Waals surface area contributed by atoms with Gasteiger partial charge in [0.05, 0.1) is 0 Å². The van der Waals surface area contributed by atoms with Crippen LogP contribution < -0.4 is 10.1 Å². The summed E-state index contributed by atoms with van der Waals surface area (Å²) < 4.78 is 19.5. The van der Waals surface area contributed by atoms with E-state index in [4.69, 9.17) is 4.74 Å². The van der Waals surface area contributed by atoms with Gasteiger partial charge >= 0.3 is 0 Å². The number of aliphatic hydroxyl groups excluding tert-OH is 1. The fraction of sp³-hybridized carbons (Fsp3) is 0.200. The Morgan fingerprint density at radius 2 is 1.85 bits per heavy atom. The Kier molecular flexibility index (Phi) is 5.38. The number of rotatable bonds is 6. The first-order valence-electron chi connectivity index (χ1n) is 6.20. The lowest BCUT2D eigenvalue weighted by atomic mass is 10.3. The normalized spacial score (nSPS) is 11.9. The largest absolute Gasteiger partial charge is 0.488 e. The molecule has 0 spiro atoms. The van der Waals surface area contributed by atoms with Crippen LogP contribution in [0.15, 0.2) is 53.0 Å². The first kappa shape index (κ1) is 14.8. The highest BCUT2D eigenvalue weighted by Crippen LogP contribution is 2.21. The lowest BCUT2D eigenvalue weighted by Gasteiger charge is -2.15. The third kappa shape index (κ3) is 4.21. The summed E-state index contributed by atoms with van der Waals surface area (Å²) in [6.07, 6.45) is -0.735. The molecule has 106 valence electrons. The van der Waals surface area contributed by atoms with Crippen molar-refractivity contribution in [1.82, 2.24) is 0 Å². The van der Waals surface area contributed by atoms with Gasteiger partial charge in [-0.2, -0.15) is 0 Å². The van der Waals surface area contributed by atoms with Crippen LogP contribution in [-0.4, -0.2) is 24.4 Å². The van der Waals surface area contributed by atoms with Crippen molar-refractivity contribution < 1.29 is 14.2 Å². The molecule has 0 fully saturated rings. The van der Waals surface area contributed by atoms with Crippen molar-refractivity contribution in [3.05, 3.63) is 58.8 Å². The zero-order chi connectivity index (χ0) is 14.4. The first-order chi connectivity index (χ1) is 9.66. The fourth-order valence-corrected chi connectivity index (χ4v) is 2.06. The van der Waals surface area contributed by atoms with Crippen molar-refractivity contribution in [2.75, 3.05) is 18.5 Å². The quantitative estimate of drug-likeness (QED) is 0.847. The van der Waals surface area contributed by atoms with E-state index in [1.54, 1.807) is 12.1 Å². The van der Waals surface area contributed by atoms with Crippen LogP contribution in [-0.2, 0) is 0 Å². The molecule has 2 N–H and O–H groups in total. The Bertz CT molecular complexity index is 516. The molecule has 2 aromatic carbocycles. The molecule has 20 heavy (non-hydrogen) atoms. The Labute approximate surface area is 125 Å². The second-order valence-electron chi connectivity index (χ2n) is 4.26. The lowest BCUT2D eigenvalue weighted by molar-refractivity contribution is 0.115. The van der Waals surface area contributed by atoms with Crippen LogP contribution >= 0.6 is 15.9 Å². The van der Waals surface area contributed by atoms with E-state index in [9.17, 15) is 9.50 Å². The molecular formula is C15H15BrFNO2. The molecule has 0 amide bonds. The molecule has 0 aliphatic heterocycles. The molecule has 0 aliphatic carbocycles. The van der Waals surface area contributed by atoms with Gasteiger partial charge in [0.1, 0.15) is 12.7 Å². The molecule has 0 heterocycles. The molecule has 1 unspecified atom stereocenters. The van der Waals surface area contributed by atoms with E-state index in [0.717, 1.165) is 10.2 Å².